The smallest absolute Gasteiger partial charge is 0.0679 e. The lowest BCUT2D eigenvalue weighted by molar-refractivity contribution is 1.07. The van der Waals surface area contributed by atoms with E-state index in [-0.39, 0.29) is 0 Å². The predicted molar refractivity (Wildman–Crippen MR) is 179 cm³/mol. The van der Waals surface area contributed by atoms with Gasteiger partial charge >= 0.3 is 0 Å². The van der Waals surface area contributed by atoms with Gasteiger partial charge in [0.05, 0.1) is 8.07 Å². The molecule has 0 radical (unpaired) electrons. The standard InChI is InChI=1S/C40H32Si/c1-41(2,39-33-21-9-5-15-29(33)25-37(39)35-23-11-17-27-13-3-7-19-31(27)35)40-34-22-10-6-16-30(34)26-38(40)36-24-12-18-28-14-4-8-20-32(28)36/h3-26,39-40H,1-2H3. The summed E-state index contributed by atoms with van der Waals surface area (Å²) in [4.78, 5) is 0. The highest BCUT2D eigenvalue weighted by Crippen LogP contribution is 2.57. The highest BCUT2D eigenvalue weighted by molar-refractivity contribution is 6.84. The van der Waals surface area contributed by atoms with Crippen LogP contribution in [0.25, 0.3) is 44.8 Å². The third-order valence-corrected chi connectivity index (χ3v) is 13.8. The molecule has 6 aromatic carbocycles. The van der Waals surface area contributed by atoms with Crippen LogP contribution >= 0.6 is 0 Å². The summed E-state index contributed by atoms with van der Waals surface area (Å²) in [6.45, 7) is 5.29. The Balaban J connectivity index is 1.36. The second kappa shape index (κ2) is 9.29. The van der Waals surface area contributed by atoms with Crippen molar-refractivity contribution in [3.05, 3.63) is 167 Å². The maximum atomic E-state index is 2.64. The molecule has 0 bridgehead atoms. The van der Waals surface area contributed by atoms with Gasteiger partial charge in [-0.25, -0.2) is 0 Å². The Morgan fingerprint density at radius 3 is 1.29 bits per heavy atom. The van der Waals surface area contributed by atoms with Crippen LogP contribution in [0.1, 0.15) is 44.5 Å². The number of hydrogen-bond acceptors (Lipinski definition) is 0. The van der Waals surface area contributed by atoms with Crippen LogP contribution in [-0.4, -0.2) is 8.07 Å². The van der Waals surface area contributed by atoms with Gasteiger partial charge in [0.15, 0.2) is 0 Å². The lowest BCUT2D eigenvalue weighted by Gasteiger charge is -2.40. The molecule has 0 saturated carbocycles. The van der Waals surface area contributed by atoms with Crippen LogP contribution in [-0.2, 0) is 0 Å². The molecule has 1 heteroatoms. The van der Waals surface area contributed by atoms with Gasteiger partial charge in [-0.05, 0) is 66.1 Å². The van der Waals surface area contributed by atoms with E-state index < -0.39 is 8.07 Å². The van der Waals surface area contributed by atoms with Gasteiger partial charge in [-0.3, -0.25) is 0 Å². The van der Waals surface area contributed by atoms with E-state index in [0.29, 0.717) is 11.1 Å². The van der Waals surface area contributed by atoms with E-state index in [2.05, 4.69) is 159 Å². The van der Waals surface area contributed by atoms with Crippen molar-refractivity contribution >= 4 is 52.9 Å². The van der Waals surface area contributed by atoms with Crippen LogP contribution in [0.2, 0.25) is 13.1 Å². The van der Waals surface area contributed by atoms with Crippen molar-refractivity contribution in [2.24, 2.45) is 0 Å². The Bertz CT molecular complexity index is 1880. The molecule has 0 spiro atoms. The van der Waals surface area contributed by atoms with E-state index in [9.17, 15) is 0 Å². The zero-order valence-electron chi connectivity index (χ0n) is 23.5. The topological polar surface area (TPSA) is 0 Å². The van der Waals surface area contributed by atoms with E-state index in [1.807, 2.05) is 0 Å². The van der Waals surface area contributed by atoms with Crippen LogP contribution < -0.4 is 0 Å². The minimum Gasteiger partial charge on any atom is -0.0679 e. The second-order valence-corrected chi connectivity index (χ2v) is 17.0. The van der Waals surface area contributed by atoms with Crippen LogP contribution in [0.5, 0.6) is 0 Å². The molecule has 0 aromatic heterocycles. The van der Waals surface area contributed by atoms with E-state index >= 15 is 0 Å². The van der Waals surface area contributed by atoms with Crippen molar-refractivity contribution in [2.45, 2.75) is 24.2 Å². The monoisotopic (exact) mass is 540 g/mol. The fourth-order valence-electron chi connectivity index (χ4n) is 7.84. The zero-order valence-corrected chi connectivity index (χ0v) is 24.5. The summed E-state index contributed by atoms with van der Waals surface area (Å²) in [6, 6.07) is 49.7. The molecule has 0 fully saturated rings. The molecule has 0 aliphatic heterocycles. The number of rotatable bonds is 4. The van der Waals surface area contributed by atoms with E-state index in [1.54, 1.807) is 0 Å². The van der Waals surface area contributed by atoms with Gasteiger partial charge in [-0.1, -0.05) is 159 Å². The van der Waals surface area contributed by atoms with Crippen LogP contribution in [0, 0.1) is 0 Å². The third-order valence-electron chi connectivity index (χ3n) is 9.55. The average Bonchev–Trinajstić information content (AvgIpc) is 3.60. The lowest BCUT2D eigenvalue weighted by Crippen LogP contribution is -2.42. The van der Waals surface area contributed by atoms with Crippen LogP contribution in [0.4, 0.5) is 0 Å². The van der Waals surface area contributed by atoms with Gasteiger partial charge in [0, 0.05) is 11.1 Å². The molecule has 2 aliphatic carbocycles. The van der Waals surface area contributed by atoms with Gasteiger partial charge in [0.25, 0.3) is 0 Å². The molecule has 0 amide bonds. The molecule has 2 atom stereocenters. The molecular formula is C40H32Si. The quantitative estimate of drug-likeness (QED) is 0.195. The van der Waals surface area contributed by atoms with Gasteiger partial charge in [0.2, 0.25) is 0 Å². The fourth-order valence-corrected chi connectivity index (χ4v) is 12.4. The Labute approximate surface area is 243 Å². The van der Waals surface area contributed by atoms with Crippen molar-refractivity contribution in [1.29, 1.82) is 0 Å². The molecule has 2 unspecified atom stereocenters. The summed E-state index contributed by atoms with van der Waals surface area (Å²) in [5, 5.41) is 5.31. The maximum Gasteiger partial charge on any atom is 0.0731 e. The van der Waals surface area contributed by atoms with Crippen LogP contribution in [0.15, 0.2) is 133 Å². The first kappa shape index (κ1) is 24.3. The summed E-state index contributed by atoms with van der Waals surface area (Å²) < 4.78 is 0. The van der Waals surface area contributed by atoms with Crippen molar-refractivity contribution in [1.82, 2.24) is 0 Å². The fraction of sp³-hybridized carbons (Fsp3) is 0.100. The molecule has 2 aliphatic rings. The maximum absolute atomic E-state index is 2.64. The summed E-state index contributed by atoms with van der Waals surface area (Å²) >= 11 is 0. The first-order valence-electron chi connectivity index (χ1n) is 14.7. The van der Waals surface area contributed by atoms with Crippen molar-refractivity contribution in [3.8, 4) is 0 Å². The SMILES string of the molecule is C[Si](C)(C1C(c2cccc3ccccc23)=Cc2ccccc21)C1C(c2cccc3ccccc23)=Cc2ccccc21. The van der Waals surface area contributed by atoms with E-state index in [4.69, 9.17) is 0 Å². The highest BCUT2D eigenvalue weighted by atomic mass is 28.3. The van der Waals surface area contributed by atoms with Gasteiger partial charge < -0.3 is 0 Å². The molecule has 0 N–H and O–H groups in total. The summed E-state index contributed by atoms with van der Waals surface area (Å²) in [5.41, 5.74) is 12.2. The molecule has 8 rings (SSSR count). The first-order chi connectivity index (χ1) is 20.1. The van der Waals surface area contributed by atoms with Gasteiger partial charge in [-0.2, -0.15) is 0 Å². The summed E-state index contributed by atoms with van der Waals surface area (Å²) in [6.07, 6.45) is 5.00. The van der Waals surface area contributed by atoms with Gasteiger partial charge in [-0.15, -0.1) is 0 Å². The Morgan fingerprint density at radius 2 is 0.805 bits per heavy atom. The van der Waals surface area contributed by atoms with Gasteiger partial charge in [0.1, 0.15) is 0 Å². The number of fused-ring (bicyclic) bond motifs is 4. The average molecular weight is 541 g/mol. The molecule has 41 heavy (non-hydrogen) atoms. The first-order valence-corrected chi connectivity index (χ1v) is 17.8. The summed E-state index contributed by atoms with van der Waals surface area (Å²) in [5.74, 6) is 0. The second-order valence-electron chi connectivity index (χ2n) is 12.2. The van der Waals surface area contributed by atoms with E-state index in [1.165, 1.54) is 66.1 Å². The molecule has 196 valence electrons. The third kappa shape index (κ3) is 3.73. The largest absolute Gasteiger partial charge is 0.0731 e. The van der Waals surface area contributed by atoms with Crippen molar-refractivity contribution < 1.29 is 0 Å². The summed E-state index contributed by atoms with van der Waals surface area (Å²) in [7, 11) is -2.14. The van der Waals surface area contributed by atoms with Crippen LogP contribution in [0.3, 0.4) is 0 Å². The number of allylic oxidation sites excluding steroid dienone is 2. The Kier molecular flexibility index (Phi) is 5.52. The molecular weight excluding hydrogens is 509 g/mol. The number of hydrogen-bond donors (Lipinski definition) is 0. The Morgan fingerprint density at radius 1 is 0.415 bits per heavy atom. The normalized spacial score (nSPS) is 17.8. The highest BCUT2D eigenvalue weighted by Gasteiger charge is 2.49. The Hall–Kier alpha value is -4.46. The minimum absolute atomic E-state index is 0.374. The van der Waals surface area contributed by atoms with Crippen molar-refractivity contribution in [2.75, 3.05) is 0 Å². The lowest BCUT2D eigenvalue weighted by atomic mass is 9.96. The predicted octanol–water partition coefficient (Wildman–Crippen LogP) is 10.8. The molecule has 6 aromatic rings. The zero-order chi connectivity index (χ0) is 27.6. The molecule has 0 nitrogen and oxygen atoms in total. The number of benzene rings is 6. The van der Waals surface area contributed by atoms with E-state index in [0.717, 1.165) is 0 Å². The van der Waals surface area contributed by atoms with Crippen molar-refractivity contribution in [3.63, 3.8) is 0 Å². The molecule has 0 heterocycles. The molecule has 0 saturated heterocycles. The minimum atomic E-state index is -2.14.